The fourth-order valence-electron chi connectivity index (χ4n) is 3.67. The minimum Gasteiger partial charge on any atom is -0.360 e. The first-order valence-corrected chi connectivity index (χ1v) is 11.4. The Bertz CT molecular complexity index is 1370. The van der Waals surface area contributed by atoms with Crippen molar-refractivity contribution in [3.63, 3.8) is 0 Å². The largest absolute Gasteiger partial charge is 0.418 e. The number of rotatable bonds is 4. The van der Waals surface area contributed by atoms with Crippen LogP contribution in [0.2, 0.25) is 0 Å². The Balaban J connectivity index is 1.79. The van der Waals surface area contributed by atoms with E-state index in [4.69, 9.17) is 0 Å². The summed E-state index contributed by atoms with van der Waals surface area (Å²) in [5.74, 6) is -0.789. The topological polar surface area (TPSA) is 66.5 Å². The number of allylic oxidation sites excluding steroid dienone is 1. The Morgan fingerprint density at radius 2 is 1.67 bits per heavy atom. The van der Waals surface area contributed by atoms with Crippen molar-refractivity contribution in [3.05, 3.63) is 106 Å². The number of Topliss-reactive ketones (excluding diaryl/α,β-unsaturated/α-hetero) is 1. The molecule has 9 heteroatoms. The van der Waals surface area contributed by atoms with Crippen molar-refractivity contribution >= 4 is 27.2 Å². The van der Waals surface area contributed by atoms with E-state index in [0.717, 1.165) is 28.2 Å². The molecule has 1 N–H and O–H groups in total. The summed E-state index contributed by atoms with van der Waals surface area (Å²) in [6.45, 7) is 1.84. The molecule has 3 aromatic carbocycles. The average Bonchev–Trinajstić information content (AvgIpc) is 2.76. The summed E-state index contributed by atoms with van der Waals surface area (Å²) in [6, 6.07) is 18.2. The zero-order valence-electron chi connectivity index (χ0n) is 17.4. The summed E-state index contributed by atoms with van der Waals surface area (Å²) in [7, 11) is -4.36. The van der Waals surface area contributed by atoms with Crippen LogP contribution in [0.4, 0.5) is 24.5 Å². The predicted octanol–water partition coefficient (Wildman–Crippen LogP) is 5.50. The van der Waals surface area contributed by atoms with Crippen molar-refractivity contribution in [1.29, 1.82) is 0 Å². The Labute approximate surface area is 189 Å². The van der Waals surface area contributed by atoms with Gasteiger partial charge in [0.15, 0.2) is 4.91 Å². The van der Waals surface area contributed by atoms with Gasteiger partial charge >= 0.3 is 6.18 Å². The lowest BCUT2D eigenvalue weighted by atomic mass is 10.1. The van der Waals surface area contributed by atoms with Crippen LogP contribution in [0, 0.1) is 6.92 Å². The summed E-state index contributed by atoms with van der Waals surface area (Å²) >= 11 is 0. The molecule has 33 heavy (non-hydrogen) atoms. The number of alkyl halides is 3. The Kier molecular flexibility index (Phi) is 5.75. The number of para-hydroxylation sites is 2. The molecule has 1 heterocycles. The van der Waals surface area contributed by atoms with Crippen molar-refractivity contribution in [2.75, 3.05) is 9.62 Å². The lowest BCUT2D eigenvalue weighted by Gasteiger charge is -2.31. The monoisotopic (exact) mass is 472 g/mol. The highest BCUT2D eigenvalue weighted by molar-refractivity contribution is 7.97. The molecule has 5 nitrogen and oxygen atoms in total. The van der Waals surface area contributed by atoms with Crippen molar-refractivity contribution in [3.8, 4) is 0 Å². The minimum atomic E-state index is -4.65. The number of nitrogens with one attached hydrogen (secondary N) is 1. The molecule has 0 atom stereocenters. The lowest BCUT2D eigenvalue weighted by Crippen LogP contribution is -2.39. The number of hydrogen-bond acceptors (Lipinski definition) is 4. The van der Waals surface area contributed by atoms with Crippen molar-refractivity contribution in [2.45, 2.75) is 19.6 Å². The van der Waals surface area contributed by atoms with Gasteiger partial charge in [0.05, 0.1) is 23.5 Å². The number of fused-ring (bicyclic) bond motifs is 1. The first kappa shape index (κ1) is 22.6. The van der Waals surface area contributed by atoms with Gasteiger partial charge in [0.1, 0.15) is 0 Å². The van der Waals surface area contributed by atoms with Crippen LogP contribution in [0.5, 0.6) is 0 Å². The molecule has 4 rings (SSSR count). The number of nitrogens with zero attached hydrogens (tertiary/aromatic N) is 1. The molecule has 0 radical (unpaired) electrons. The van der Waals surface area contributed by atoms with E-state index in [1.165, 1.54) is 24.3 Å². The lowest BCUT2D eigenvalue weighted by molar-refractivity contribution is -0.136. The van der Waals surface area contributed by atoms with Crippen molar-refractivity contribution in [2.24, 2.45) is 0 Å². The third-order valence-electron chi connectivity index (χ3n) is 5.21. The highest BCUT2D eigenvalue weighted by atomic mass is 32.2. The van der Waals surface area contributed by atoms with Crippen LogP contribution in [0.15, 0.2) is 83.9 Å². The fraction of sp³-hybridized carbons (Fsp3) is 0.125. The molecule has 0 bridgehead atoms. The van der Waals surface area contributed by atoms with Crippen LogP contribution in [0.25, 0.3) is 0 Å². The van der Waals surface area contributed by atoms with E-state index in [2.05, 4.69) is 5.32 Å². The van der Waals surface area contributed by atoms with Crippen LogP contribution >= 0.6 is 0 Å². The smallest absolute Gasteiger partial charge is 0.360 e. The molecule has 0 spiro atoms. The van der Waals surface area contributed by atoms with Gasteiger partial charge in [-0.2, -0.15) is 13.2 Å². The van der Waals surface area contributed by atoms with E-state index in [-0.39, 0.29) is 23.5 Å². The van der Waals surface area contributed by atoms with Gasteiger partial charge in [0, 0.05) is 11.8 Å². The molecule has 0 amide bonds. The molecule has 1 aliphatic heterocycles. The number of sulfonamides is 1. The maximum absolute atomic E-state index is 13.5. The zero-order chi connectivity index (χ0) is 23.8. The van der Waals surface area contributed by atoms with Gasteiger partial charge in [0.2, 0.25) is 5.78 Å². The van der Waals surface area contributed by atoms with E-state index in [1.807, 2.05) is 19.1 Å². The summed E-state index contributed by atoms with van der Waals surface area (Å²) < 4.78 is 68.0. The van der Waals surface area contributed by atoms with Gasteiger partial charge in [-0.1, -0.05) is 54.1 Å². The minimum absolute atomic E-state index is 0.0369. The second-order valence-electron chi connectivity index (χ2n) is 7.54. The summed E-state index contributed by atoms with van der Waals surface area (Å²) in [5.41, 5.74) is 0.683. The average molecular weight is 472 g/mol. The van der Waals surface area contributed by atoms with E-state index in [0.29, 0.717) is 5.56 Å². The normalized spacial score (nSPS) is 16.5. The van der Waals surface area contributed by atoms with Gasteiger partial charge in [-0.25, -0.2) is 8.42 Å². The molecule has 0 fully saturated rings. The third kappa shape index (κ3) is 4.36. The first-order valence-electron chi connectivity index (χ1n) is 9.94. The Morgan fingerprint density at radius 1 is 0.970 bits per heavy atom. The van der Waals surface area contributed by atoms with E-state index < -0.39 is 32.5 Å². The van der Waals surface area contributed by atoms with E-state index in [1.54, 1.807) is 24.3 Å². The molecule has 0 saturated carbocycles. The number of halogens is 3. The molecule has 1 aliphatic rings. The van der Waals surface area contributed by atoms with Crippen LogP contribution in [-0.4, -0.2) is 14.2 Å². The Hall–Kier alpha value is -3.59. The second-order valence-corrected chi connectivity index (χ2v) is 9.37. The maximum Gasteiger partial charge on any atom is 0.418 e. The summed E-state index contributed by atoms with van der Waals surface area (Å²) in [6.07, 6.45) is -3.82. The van der Waals surface area contributed by atoms with E-state index >= 15 is 0 Å². The van der Waals surface area contributed by atoms with Crippen LogP contribution in [0.3, 0.4) is 0 Å². The maximum atomic E-state index is 13.5. The second kappa shape index (κ2) is 8.40. The van der Waals surface area contributed by atoms with Gasteiger partial charge in [-0.05, 0) is 36.8 Å². The predicted molar refractivity (Wildman–Crippen MR) is 120 cm³/mol. The molecule has 0 saturated heterocycles. The molecule has 0 unspecified atom stereocenters. The highest BCUT2D eigenvalue weighted by Crippen LogP contribution is 2.38. The van der Waals surface area contributed by atoms with Crippen LogP contribution in [0.1, 0.15) is 27.0 Å². The van der Waals surface area contributed by atoms with Gasteiger partial charge in [0.25, 0.3) is 10.0 Å². The van der Waals surface area contributed by atoms with Gasteiger partial charge < -0.3 is 5.32 Å². The molecule has 3 aromatic rings. The number of hydrogen-bond donors (Lipinski definition) is 1. The Morgan fingerprint density at radius 3 is 2.39 bits per heavy atom. The number of benzene rings is 3. The van der Waals surface area contributed by atoms with Crippen LogP contribution in [-0.2, 0) is 22.7 Å². The summed E-state index contributed by atoms with van der Waals surface area (Å²) in [5, 5.41) is 2.39. The number of aryl methyl sites for hydroxylation is 1. The molecule has 0 aromatic heterocycles. The number of anilines is 2. The number of carbonyl (C=O) groups excluding carboxylic acids is 1. The van der Waals surface area contributed by atoms with Crippen LogP contribution < -0.4 is 9.62 Å². The summed E-state index contributed by atoms with van der Waals surface area (Å²) in [4.78, 5) is 12.4. The number of carbonyl (C=O) groups is 1. The SMILES string of the molecule is Cc1cccc(CN2c3ccccc3C(=O)C(=CNc3ccccc3C(F)(F)F)S2(=O)=O)c1. The molecule has 170 valence electrons. The van der Waals surface area contributed by atoms with Crippen molar-refractivity contribution < 1.29 is 26.4 Å². The van der Waals surface area contributed by atoms with E-state index in [9.17, 15) is 26.4 Å². The number of ketones is 1. The van der Waals surface area contributed by atoms with Crippen molar-refractivity contribution in [1.82, 2.24) is 0 Å². The molecular formula is C24H19F3N2O3S. The highest BCUT2D eigenvalue weighted by Gasteiger charge is 2.40. The standard InChI is InChI=1S/C24H19F3N2O3S/c1-16-7-6-8-17(13-16)15-29-21-12-5-2-9-18(21)23(30)22(33(29,31)32)14-28-20-11-4-3-10-19(20)24(25,26)27/h2-14,28H,15H2,1H3. The zero-order valence-corrected chi connectivity index (χ0v) is 18.2. The van der Waals surface area contributed by atoms with Gasteiger partial charge in [-0.3, -0.25) is 9.10 Å². The first-order chi connectivity index (χ1) is 15.6. The fourth-order valence-corrected chi connectivity index (χ4v) is 5.19. The quantitative estimate of drug-likeness (QED) is 0.510. The van der Waals surface area contributed by atoms with Gasteiger partial charge in [-0.15, -0.1) is 0 Å². The third-order valence-corrected chi connectivity index (χ3v) is 6.97. The molecule has 0 aliphatic carbocycles. The molecular weight excluding hydrogens is 453 g/mol.